The highest BCUT2D eigenvalue weighted by Gasteiger charge is 2.10. The van der Waals surface area contributed by atoms with Gasteiger partial charge in [-0.2, -0.15) is 0 Å². The number of hydrogen-bond donors (Lipinski definition) is 2. The van der Waals surface area contributed by atoms with Crippen molar-refractivity contribution in [1.29, 1.82) is 0 Å². The Kier molecular flexibility index (Phi) is 2.67. The molecule has 0 saturated heterocycles. The maximum atomic E-state index is 9.53. The highest BCUT2D eigenvalue weighted by atomic mass is 16.3. The second-order valence-electron chi connectivity index (χ2n) is 4.53. The summed E-state index contributed by atoms with van der Waals surface area (Å²) in [5.41, 5.74) is 2.74. The second-order valence-corrected chi connectivity index (χ2v) is 4.53. The summed E-state index contributed by atoms with van der Waals surface area (Å²) in [7, 11) is 0. The number of rotatable bonds is 2. The summed E-state index contributed by atoms with van der Waals surface area (Å²) in [6.45, 7) is 2.03. The second kappa shape index (κ2) is 4.35. The van der Waals surface area contributed by atoms with Gasteiger partial charge in [0.1, 0.15) is 22.8 Å². The van der Waals surface area contributed by atoms with E-state index in [1.807, 2.05) is 19.1 Å². The molecule has 96 valence electrons. The number of furan rings is 1. The summed E-state index contributed by atoms with van der Waals surface area (Å²) >= 11 is 0. The molecule has 0 atom stereocenters. The van der Waals surface area contributed by atoms with Gasteiger partial charge in [0.2, 0.25) is 0 Å². The lowest BCUT2D eigenvalue weighted by atomic mass is 10.0. The molecule has 0 bridgehead atoms. The minimum Gasteiger partial charge on any atom is -0.508 e. The third kappa shape index (κ3) is 2.03. The summed E-state index contributed by atoms with van der Waals surface area (Å²) in [4.78, 5) is 0. The van der Waals surface area contributed by atoms with E-state index < -0.39 is 0 Å². The van der Waals surface area contributed by atoms with E-state index in [1.54, 1.807) is 30.3 Å². The topological polar surface area (TPSA) is 53.6 Å². The molecule has 3 rings (SSSR count). The lowest BCUT2D eigenvalue weighted by molar-refractivity contribution is 0.474. The molecule has 2 aromatic carbocycles. The van der Waals surface area contributed by atoms with E-state index in [0.29, 0.717) is 0 Å². The summed E-state index contributed by atoms with van der Waals surface area (Å²) in [6, 6.07) is 12.2. The summed E-state index contributed by atoms with van der Waals surface area (Å²) < 4.78 is 5.80. The van der Waals surface area contributed by atoms with Crippen LogP contribution in [0.4, 0.5) is 0 Å². The van der Waals surface area contributed by atoms with Crippen LogP contribution in [0.1, 0.15) is 12.5 Å². The number of benzene rings is 2. The molecule has 0 spiro atoms. The summed E-state index contributed by atoms with van der Waals surface area (Å²) in [5, 5.41) is 19.9. The van der Waals surface area contributed by atoms with Crippen LogP contribution in [-0.4, -0.2) is 10.2 Å². The predicted octanol–water partition coefficient (Wildman–Crippen LogP) is 4.07. The number of aryl methyl sites for hydroxylation is 1. The van der Waals surface area contributed by atoms with Crippen molar-refractivity contribution in [3.63, 3.8) is 0 Å². The van der Waals surface area contributed by atoms with E-state index in [2.05, 4.69) is 0 Å². The Hall–Kier alpha value is -2.42. The molecule has 3 nitrogen and oxygen atoms in total. The maximum Gasteiger partial charge on any atom is 0.135 e. The zero-order valence-electron chi connectivity index (χ0n) is 10.6. The normalized spacial score (nSPS) is 11.0. The predicted molar refractivity (Wildman–Crippen MR) is 74.4 cm³/mol. The molecule has 0 saturated carbocycles. The van der Waals surface area contributed by atoms with Crippen molar-refractivity contribution in [2.45, 2.75) is 13.3 Å². The zero-order valence-corrected chi connectivity index (χ0v) is 10.6. The fraction of sp³-hybridized carbons (Fsp3) is 0.125. The van der Waals surface area contributed by atoms with E-state index in [1.165, 1.54) is 0 Å². The van der Waals surface area contributed by atoms with Gasteiger partial charge in [-0.1, -0.05) is 6.92 Å². The Balaban J connectivity index is 2.18. The van der Waals surface area contributed by atoms with Crippen LogP contribution in [0.2, 0.25) is 0 Å². The van der Waals surface area contributed by atoms with Gasteiger partial charge in [-0.25, -0.2) is 0 Å². The number of phenolic OH excluding ortho intramolecular Hbond substituents is 2. The number of hydrogen-bond acceptors (Lipinski definition) is 3. The van der Waals surface area contributed by atoms with Crippen LogP contribution >= 0.6 is 0 Å². The molecule has 3 aromatic rings. The Labute approximate surface area is 110 Å². The minimum absolute atomic E-state index is 0.223. The van der Waals surface area contributed by atoms with Crippen LogP contribution < -0.4 is 0 Å². The van der Waals surface area contributed by atoms with Crippen molar-refractivity contribution in [3.8, 4) is 22.8 Å². The minimum atomic E-state index is 0.223. The van der Waals surface area contributed by atoms with Crippen molar-refractivity contribution < 1.29 is 14.6 Å². The first-order valence-corrected chi connectivity index (χ1v) is 6.22. The summed E-state index contributed by atoms with van der Waals surface area (Å²) in [5.74, 6) is 1.23. The fourth-order valence-corrected chi connectivity index (χ4v) is 2.28. The molecule has 1 aromatic heterocycles. The van der Waals surface area contributed by atoms with Gasteiger partial charge in [-0.05, 0) is 54.4 Å². The Morgan fingerprint density at radius 3 is 2.47 bits per heavy atom. The lowest BCUT2D eigenvalue weighted by Gasteiger charge is -2.05. The first-order valence-electron chi connectivity index (χ1n) is 6.22. The van der Waals surface area contributed by atoms with Crippen LogP contribution in [0.15, 0.2) is 46.9 Å². The smallest absolute Gasteiger partial charge is 0.135 e. The van der Waals surface area contributed by atoms with E-state index >= 15 is 0 Å². The van der Waals surface area contributed by atoms with Crippen LogP contribution in [0.25, 0.3) is 22.3 Å². The first-order chi connectivity index (χ1) is 9.17. The number of phenols is 2. The molecule has 0 amide bonds. The molecule has 3 heteroatoms. The Morgan fingerprint density at radius 1 is 0.947 bits per heavy atom. The Morgan fingerprint density at radius 2 is 1.68 bits per heavy atom. The van der Waals surface area contributed by atoms with Crippen molar-refractivity contribution in [3.05, 3.63) is 48.0 Å². The average Bonchev–Trinajstić information content (AvgIpc) is 2.81. The summed E-state index contributed by atoms with van der Waals surface area (Å²) in [6.07, 6.45) is 0.812. The largest absolute Gasteiger partial charge is 0.508 e. The first kappa shape index (κ1) is 11.7. The third-order valence-electron chi connectivity index (χ3n) is 3.24. The highest BCUT2D eigenvalue weighted by molar-refractivity contribution is 5.84. The van der Waals surface area contributed by atoms with Crippen molar-refractivity contribution in [2.75, 3.05) is 0 Å². The molecule has 19 heavy (non-hydrogen) atoms. The van der Waals surface area contributed by atoms with Crippen molar-refractivity contribution in [2.24, 2.45) is 0 Å². The molecule has 0 aliphatic heterocycles. The molecule has 0 radical (unpaired) electrons. The molecule has 0 unspecified atom stereocenters. The number of fused-ring (bicyclic) bond motifs is 1. The van der Waals surface area contributed by atoms with E-state index in [-0.39, 0.29) is 11.5 Å². The van der Waals surface area contributed by atoms with Gasteiger partial charge in [0.15, 0.2) is 0 Å². The maximum absolute atomic E-state index is 9.53. The molecule has 0 aliphatic carbocycles. The zero-order chi connectivity index (χ0) is 13.4. The fourth-order valence-electron chi connectivity index (χ4n) is 2.28. The molecule has 0 fully saturated rings. The van der Waals surface area contributed by atoms with E-state index in [9.17, 15) is 10.2 Å². The SMILES string of the molecule is CCc1cc(O)ccc1-c1cc2cc(O)ccc2o1. The van der Waals surface area contributed by atoms with Gasteiger partial charge in [-0.15, -0.1) is 0 Å². The lowest BCUT2D eigenvalue weighted by Crippen LogP contribution is -1.85. The standard InChI is InChI=1S/C16H14O3/c1-2-10-7-12(17)3-5-14(10)16-9-11-8-13(18)4-6-15(11)19-16/h3-9,17-18H,2H2,1H3. The third-order valence-corrected chi connectivity index (χ3v) is 3.24. The monoisotopic (exact) mass is 254 g/mol. The average molecular weight is 254 g/mol. The molecular formula is C16H14O3. The van der Waals surface area contributed by atoms with Crippen LogP contribution in [0.3, 0.4) is 0 Å². The Bertz CT molecular complexity index is 741. The van der Waals surface area contributed by atoms with Crippen LogP contribution in [0.5, 0.6) is 11.5 Å². The quantitative estimate of drug-likeness (QED) is 0.724. The van der Waals surface area contributed by atoms with Gasteiger partial charge in [-0.3, -0.25) is 0 Å². The molecule has 2 N–H and O–H groups in total. The highest BCUT2D eigenvalue weighted by Crippen LogP contribution is 2.33. The van der Waals surface area contributed by atoms with Crippen molar-refractivity contribution in [1.82, 2.24) is 0 Å². The van der Waals surface area contributed by atoms with Gasteiger partial charge in [0.05, 0.1) is 0 Å². The number of aromatic hydroxyl groups is 2. The van der Waals surface area contributed by atoms with Gasteiger partial charge in [0.25, 0.3) is 0 Å². The van der Waals surface area contributed by atoms with Gasteiger partial charge < -0.3 is 14.6 Å². The molecule has 1 heterocycles. The van der Waals surface area contributed by atoms with Gasteiger partial charge in [0, 0.05) is 10.9 Å². The van der Waals surface area contributed by atoms with Crippen molar-refractivity contribution >= 4 is 11.0 Å². The van der Waals surface area contributed by atoms with E-state index in [4.69, 9.17) is 4.42 Å². The van der Waals surface area contributed by atoms with Crippen LogP contribution in [0, 0.1) is 0 Å². The van der Waals surface area contributed by atoms with Crippen LogP contribution in [-0.2, 0) is 6.42 Å². The van der Waals surface area contributed by atoms with E-state index in [0.717, 1.165) is 34.3 Å². The van der Waals surface area contributed by atoms with Gasteiger partial charge >= 0.3 is 0 Å². The molecule has 0 aliphatic rings. The molecular weight excluding hydrogens is 240 g/mol.